The van der Waals surface area contributed by atoms with E-state index in [1.165, 1.54) is 0 Å². The molecule has 1 aliphatic carbocycles. The van der Waals surface area contributed by atoms with Crippen LogP contribution in [-0.4, -0.2) is 22.6 Å². The van der Waals surface area contributed by atoms with Crippen LogP contribution in [0.3, 0.4) is 0 Å². The molecule has 0 saturated heterocycles. The lowest BCUT2D eigenvalue weighted by Crippen LogP contribution is -2.12. The van der Waals surface area contributed by atoms with Crippen LogP contribution in [-0.2, 0) is 14.4 Å². The third-order valence-electron chi connectivity index (χ3n) is 4.28. The molecule has 0 aromatic heterocycles. The van der Waals surface area contributed by atoms with Crippen LogP contribution in [0.1, 0.15) is 64.7 Å². The van der Waals surface area contributed by atoms with E-state index in [2.05, 4.69) is 6.92 Å². The molecule has 0 amide bonds. The number of aliphatic carboxylic acids is 1. The van der Waals surface area contributed by atoms with Crippen molar-refractivity contribution >= 4 is 17.5 Å². The summed E-state index contributed by atoms with van der Waals surface area (Å²) in [6.07, 6.45) is 13.7. The van der Waals surface area contributed by atoms with Gasteiger partial charge in [-0.25, -0.2) is 0 Å². The molecular formula is C19H28O4. The number of hydrogen-bond donors (Lipinski definition) is 1. The first-order valence-corrected chi connectivity index (χ1v) is 8.65. The van der Waals surface area contributed by atoms with Crippen LogP contribution < -0.4 is 0 Å². The van der Waals surface area contributed by atoms with E-state index in [4.69, 9.17) is 5.11 Å². The maximum atomic E-state index is 12.0. The molecule has 2 atom stereocenters. The number of carbonyl (C=O) groups excluding carboxylic acids is 2. The first-order chi connectivity index (χ1) is 11.0. The summed E-state index contributed by atoms with van der Waals surface area (Å²) in [6, 6.07) is 0. The Morgan fingerprint density at radius 1 is 1.22 bits per heavy atom. The zero-order valence-electron chi connectivity index (χ0n) is 14.0. The molecule has 1 rings (SSSR count). The average molecular weight is 320 g/mol. The van der Waals surface area contributed by atoms with Gasteiger partial charge in [-0.05, 0) is 44.1 Å². The maximum absolute atomic E-state index is 12.0. The summed E-state index contributed by atoms with van der Waals surface area (Å²) >= 11 is 0. The molecule has 0 aliphatic heterocycles. The number of hydrogen-bond acceptors (Lipinski definition) is 3. The van der Waals surface area contributed by atoms with Crippen molar-refractivity contribution in [2.24, 2.45) is 11.8 Å². The Morgan fingerprint density at radius 3 is 2.70 bits per heavy atom. The van der Waals surface area contributed by atoms with E-state index in [1.54, 1.807) is 6.08 Å². The highest BCUT2D eigenvalue weighted by Gasteiger charge is 2.31. The minimum atomic E-state index is -0.776. The van der Waals surface area contributed by atoms with Gasteiger partial charge in [0, 0.05) is 25.2 Å². The SMILES string of the molecule is CCCCC(=O)/C=C/C1CCC(=O)C1C/C=C/CCCC(=O)O. The van der Waals surface area contributed by atoms with Crippen molar-refractivity contribution in [1.82, 2.24) is 0 Å². The van der Waals surface area contributed by atoms with Crippen molar-refractivity contribution < 1.29 is 19.5 Å². The Morgan fingerprint density at radius 2 is 2.00 bits per heavy atom. The molecule has 0 heterocycles. The third kappa shape index (κ3) is 7.91. The van der Waals surface area contributed by atoms with E-state index in [-0.39, 0.29) is 29.8 Å². The summed E-state index contributed by atoms with van der Waals surface area (Å²) in [6.45, 7) is 2.06. The molecule has 0 spiro atoms. The highest BCUT2D eigenvalue weighted by molar-refractivity contribution is 5.90. The summed E-state index contributed by atoms with van der Waals surface area (Å²) in [4.78, 5) is 34.1. The fraction of sp³-hybridized carbons (Fsp3) is 0.632. The van der Waals surface area contributed by atoms with Crippen molar-refractivity contribution in [2.75, 3.05) is 0 Å². The highest BCUT2D eigenvalue weighted by atomic mass is 16.4. The maximum Gasteiger partial charge on any atom is 0.303 e. The molecule has 1 N–H and O–H groups in total. The fourth-order valence-corrected chi connectivity index (χ4v) is 2.87. The van der Waals surface area contributed by atoms with Crippen LogP contribution in [0, 0.1) is 11.8 Å². The predicted molar refractivity (Wildman–Crippen MR) is 90.1 cm³/mol. The monoisotopic (exact) mass is 320 g/mol. The average Bonchev–Trinajstić information content (AvgIpc) is 2.86. The summed E-state index contributed by atoms with van der Waals surface area (Å²) in [5.41, 5.74) is 0. The van der Waals surface area contributed by atoms with Gasteiger partial charge in [-0.15, -0.1) is 0 Å². The van der Waals surface area contributed by atoms with E-state index in [0.29, 0.717) is 25.7 Å². The number of carbonyl (C=O) groups is 3. The van der Waals surface area contributed by atoms with Gasteiger partial charge in [0.05, 0.1) is 0 Å². The van der Waals surface area contributed by atoms with Crippen LogP contribution in [0.5, 0.6) is 0 Å². The molecule has 0 aromatic carbocycles. The molecule has 0 bridgehead atoms. The zero-order valence-corrected chi connectivity index (χ0v) is 14.0. The number of Topliss-reactive ketones (excluding diaryl/α,β-unsaturated/α-hetero) is 1. The molecular weight excluding hydrogens is 292 g/mol. The van der Waals surface area contributed by atoms with Gasteiger partial charge in [0.25, 0.3) is 0 Å². The summed E-state index contributed by atoms with van der Waals surface area (Å²) in [5.74, 6) is -0.218. The highest BCUT2D eigenvalue weighted by Crippen LogP contribution is 2.32. The molecule has 2 unspecified atom stereocenters. The standard InChI is InChI=1S/C19H28O4/c1-2-3-8-16(20)13-11-15-12-14-18(21)17(15)9-6-4-5-7-10-19(22)23/h4,6,11,13,15,17H,2-3,5,7-10,12,14H2,1H3,(H,22,23)/b6-4+,13-11+. The van der Waals surface area contributed by atoms with Crippen molar-refractivity contribution in [1.29, 1.82) is 0 Å². The number of ketones is 2. The Hall–Kier alpha value is -1.71. The van der Waals surface area contributed by atoms with Gasteiger partial charge < -0.3 is 5.11 Å². The molecule has 0 radical (unpaired) electrons. The fourth-order valence-electron chi connectivity index (χ4n) is 2.87. The zero-order chi connectivity index (χ0) is 17.1. The number of unbranched alkanes of at least 4 members (excludes halogenated alkanes) is 2. The smallest absolute Gasteiger partial charge is 0.303 e. The van der Waals surface area contributed by atoms with Crippen molar-refractivity contribution in [3.05, 3.63) is 24.3 Å². The number of rotatable bonds is 11. The van der Waals surface area contributed by atoms with Crippen LogP contribution in [0.25, 0.3) is 0 Å². The number of carboxylic acids is 1. The molecule has 4 nitrogen and oxygen atoms in total. The first-order valence-electron chi connectivity index (χ1n) is 8.65. The minimum Gasteiger partial charge on any atom is -0.481 e. The molecule has 1 fully saturated rings. The predicted octanol–water partition coefficient (Wildman–Crippen LogP) is 4.10. The largest absolute Gasteiger partial charge is 0.481 e. The van der Waals surface area contributed by atoms with Crippen LogP contribution >= 0.6 is 0 Å². The molecule has 1 aliphatic rings. The van der Waals surface area contributed by atoms with E-state index >= 15 is 0 Å². The van der Waals surface area contributed by atoms with Crippen LogP contribution in [0.2, 0.25) is 0 Å². The molecule has 1 saturated carbocycles. The summed E-state index contributed by atoms with van der Waals surface area (Å²) in [7, 11) is 0. The van der Waals surface area contributed by atoms with Crippen molar-refractivity contribution in [2.45, 2.75) is 64.7 Å². The number of allylic oxidation sites excluding steroid dienone is 4. The normalized spacial score (nSPS) is 21.5. The van der Waals surface area contributed by atoms with Gasteiger partial charge in [0.2, 0.25) is 0 Å². The molecule has 0 aromatic rings. The van der Waals surface area contributed by atoms with E-state index < -0.39 is 5.97 Å². The quantitative estimate of drug-likeness (QED) is 0.353. The Kier molecular flexibility index (Phi) is 9.18. The molecule has 4 heteroatoms. The lowest BCUT2D eigenvalue weighted by Gasteiger charge is -2.12. The first kappa shape index (κ1) is 19.3. The topological polar surface area (TPSA) is 71.4 Å². The van der Waals surface area contributed by atoms with Gasteiger partial charge in [-0.1, -0.05) is 31.6 Å². The second kappa shape index (κ2) is 10.9. The summed E-state index contributed by atoms with van der Waals surface area (Å²) < 4.78 is 0. The second-order valence-electron chi connectivity index (χ2n) is 6.20. The van der Waals surface area contributed by atoms with E-state index in [9.17, 15) is 14.4 Å². The Balaban J connectivity index is 2.40. The molecule has 128 valence electrons. The van der Waals surface area contributed by atoms with Gasteiger partial charge >= 0.3 is 5.97 Å². The Bertz CT molecular complexity index is 462. The van der Waals surface area contributed by atoms with E-state index in [0.717, 1.165) is 25.7 Å². The second-order valence-corrected chi connectivity index (χ2v) is 6.20. The minimum absolute atomic E-state index is 0.0269. The van der Waals surface area contributed by atoms with Crippen molar-refractivity contribution in [3.8, 4) is 0 Å². The van der Waals surface area contributed by atoms with Crippen LogP contribution in [0.15, 0.2) is 24.3 Å². The number of carboxylic acid groups (broad SMARTS) is 1. The van der Waals surface area contributed by atoms with Gasteiger partial charge in [0.15, 0.2) is 5.78 Å². The lowest BCUT2D eigenvalue weighted by molar-refractivity contribution is -0.137. The van der Waals surface area contributed by atoms with E-state index in [1.807, 2.05) is 18.2 Å². The van der Waals surface area contributed by atoms with Gasteiger partial charge in [-0.3, -0.25) is 14.4 Å². The Labute approximate surface area is 138 Å². The van der Waals surface area contributed by atoms with Gasteiger partial charge in [0.1, 0.15) is 5.78 Å². The van der Waals surface area contributed by atoms with Gasteiger partial charge in [-0.2, -0.15) is 0 Å². The third-order valence-corrected chi connectivity index (χ3v) is 4.28. The lowest BCUT2D eigenvalue weighted by atomic mass is 9.91. The van der Waals surface area contributed by atoms with Crippen LogP contribution in [0.4, 0.5) is 0 Å². The molecule has 23 heavy (non-hydrogen) atoms. The van der Waals surface area contributed by atoms with Crippen molar-refractivity contribution in [3.63, 3.8) is 0 Å². The summed E-state index contributed by atoms with van der Waals surface area (Å²) in [5, 5.41) is 8.57.